The van der Waals surface area contributed by atoms with Gasteiger partial charge in [0.25, 0.3) is 0 Å². The Bertz CT molecular complexity index is 128. The maximum absolute atomic E-state index is 5.46. The predicted octanol–water partition coefficient (Wildman–Crippen LogP) is 2.43. The van der Waals surface area contributed by atoms with E-state index in [1.54, 1.807) is 0 Å². The van der Waals surface area contributed by atoms with Gasteiger partial charge in [-0.05, 0) is 18.9 Å². The summed E-state index contributed by atoms with van der Waals surface area (Å²) < 4.78 is 10.9. The Morgan fingerprint density at radius 3 is 2.62 bits per heavy atom. The summed E-state index contributed by atoms with van der Waals surface area (Å²) >= 11 is 0. The Balaban J connectivity index is 3.12. The van der Waals surface area contributed by atoms with E-state index < -0.39 is 0 Å². The molecule has 0 amide bonds. The summed E-state index contributed by atoms with van der Waals surface area (Å²) in [6.07, 6.45) is 3.32. The highest BCUT2D eigenvalue weighted by Gasteiger charge is 2.00. The van der Waals surface area contributed by atoms with Gasteiger partial charge in [-0.1, -0.05) is 19.9 Å². The number of rotatable bonds is 8. The lowest BCUT2D eigenvalue weighted by Gasteiger charge is -2.11. The maximum atomic E-state index is 5.46. The van der Waals surface area contributed by atoms with Crippen molar-refractivity contribution in [1.29, 1.82) is 0 Å². The van der Waals surface area contributed by atoms with Gasteiger partial charge in [-0.25, -0.2) is 0 Å². The molecule has 3 heteroatoms. The summed E-state index contributed by atoms with van der Waals surface area (Å²) in [5, 5.41) is 0. The molecule has 0 rings (SSSR count). The lowest BCUT2D eigenvalue weighted by molar-refractivity contribution is 0.0431. The van der Waals surface area contributed by atoms with E-state index in [2.05, 4.69) is 27.4 Å². The molecule has 0 aromatic rings. The summed E-state index contributed by atoms with van der Waals surface area (Å²) in [4.78, 5) is 0. The number of allylic oxidation sites excluding steroid dienone is 1. The van der Waals surface area contributed by atoms with Gasteiger partial charge in [0.05, 0.1) is 19.3 Å². The number of hydrogen-bond donors (Lipinski definition) is 0. The Morgan fingerprint density at radius 1 is 1.38 bits per heavy atom. The van der Waals surface area contributed by atoms with Crippen molar-refractivity contribution in [3.05, 3.63) is 12.7 Å². The summed E-state index contributed by atoms with van der Waals surface area (Å²) in [5.74, 6) is 0. The zero-order chi connectivity index (χ0) is 10.1. The van der Waals surface area contributed by atoms with Crippen LogP contribution in [-0.4, -0.2) is 29.1 Å². The Hall–Kier alpha value is -0.123. The van der Waals surface area contributed by atoms with Gasteiger partial charge in [-0.3, -0.25) is 0 Å². The summed E-state index contributed by atoms with van der Waals surface area (Å²) in [6.45, 7) is 11.4. The molecule has 0 aromatic carbocycles. The molecular weight excluding hydrogens is 180 g/mol. The normalized spacial score (nSPS) is 15.3. The SMILES string of the molecule is C=CC(C)[Si]OCCOC(C)CC. The first-order chi connectivity index (χ1) is 6.20. The zero-order valence-electron chi connectivity index (χ0n) is 8.88. The second kappa shape index (κ2) is 8.47. The monoisotopic (exact) mass is 200 g/mol. The Kier molecular flexibility index (Phi) is 8.39. The highest BCUT2D eigenvalue weighted by atomic mass is 28.2. The molecule has 0 bridgehead atoms. The van der Waals surface area contributed by atoms with Crippen molar-refractivity contribution in [1.82, 2.24) is 0 Å². The number of ether oxygens (including phenoxy) is 1. The topological polar surface area (TPSA) is 18.5 Å². The largest absolute Gasteiger partial charge is 0.414 e. The average Bonchev–Trinajstić information content (AvgIpc) is 2.16. The standard InChI is InChI=1S/C10H20O2Si/c1-5-9(3)11-7-8-12-13-10(4)6-2/h6,9-10H,2,5,7-8H2,1,3-4H3. The first-order valence-electron chi connectivity index (χ1n) is 4.82. The first-order valence-corrected chi connectivity index (χ1v) is 5.80. The van der Waals surface area contributed by atoms with Crippen LogP contribution in [0.2, 0.25) is 5.54 Å². The summed E-state index contributed by atoms with van der Waals surface area (Å²) in [6, 6.07) is 0. The third kappa shape index (κ3) is 8.21. The number of hydrogen-bond acceptors (Lipinski definition) is 2. The van der Waals surface area contributed by atoms with Gasteiger partial charge < -0.3 is 9.16 Å². The van der Waals surface area contributed by atoms with Crippen LogP contribution in [0.3, 0.4) is 0 Å². The van der Waals surface area contributed by atoms with E-state index in [4.69, 9.17) is 9.16 Å². The molecule has 76 valence electrons. The fourth-order valence-corrected chi connectivity index (χ4v) is 1.21. The van der Waals surface area contributed by atoms with Crippen molar-refractivity contribution in [3.63, 3.8) is 0 Å². The molecule has 0 spiro atoms. The Labute approximate surface area is 84.3 Å². The molecule has 0 saturated heterocycles. The van der Waals surface area contributed by atoms with E-state index in [1.165, 1.54) is 0 Å². The van der Waals surface area contributed by atoms with Crippen molar-refractivity contribution in [3.8, 4) is 0 Å². The van der Waals surface area contributed by atoms with Crippen molar-refractivity contribution in [2.75, 3.05) is 13.2 Å². The lowest BCUT2D eigenvalue weighted by Crippen LogP contribution is -2.14. The smallest absolute Gasteiger partial charge is 0.237 e. The second-order valence-electron chi connectivity index (χ2n) is 3.08. The maximum Gasteiger partial charge on any atom is 0.237 e. The molecular formula is C10H20O2Si. The molecule has 0 aliphatic carbocycles. The van der Waals surface area contributed by atoms with E-state index in [1.807, 2.05) is 6.08 Å². The highest BCUT2D eigenvalue weighted by Crippen LogP contribution is 2.01. The van der Waals surface area contributed by atoms with Crippen LogP contribution in [0.5, 0.6) is 0 Å². The van der Waals surface area contributed by atoms with E-state index in [9.17, 15) is 0 Å². The summed E-state index contributed by atoms with van der Waals surface area (Å²) in [5.41, 5.74) is 0.462. The van der Waals surface area contributed by atoms with E-state index >= 15 is 0 Å². The van der Waals surface area contributed by atoms with Gasteiger partial charge in [0.1, 0.15) is 0 Å². The van der Waals surface area contributed by atoms with Crippen LogP contribution >= 0.6 is 0 Å². The third-order valence-corrected chi connectivity index (χ3v) is 2.76. The molecule has 2 radical (unpaired) electrons. The Morgan fingerprint density at radius 2 is 2.08 bits per heavy atom. The molecule has 0 fully saturated rings. The highest BCUT2D eigenvalue weighted by molar-refractivity contribution is 6.30. The third-order valence-electron chi connectivity index (χ3n) is 1.79. The minimum atomic E-state index is 0.351. The minimum Gasteiger partial charge on any atom is -0.414 e. The van der Waals surface area contributed by atoms with Crippen molar-refractivity contribution >= 4 is 9.76 Å². The van der Waals surface area contributed by atoms with Gasteiger partial charge in [0.15, 0.2) is 0 Å². The molecule has 13 heavy (non-hydrogen) atoms. The van der Waals surface area contributed by atoms with E-state index in [0.717, 1.165) is 6.42 Å². The molecule has 0 aliphatic rings. The van der Waals surface area contributed by atoms with Gasteiger partial charge in [0.2, 0.25) is 9.76 Å². The van der Waals surface area contributed by atoms with Crippen molar-refractivity contribution < 1.29 is 9.16 Å². The fourth-order valence-electron chi connectivity index (χ4n) is 0.647. The molecule has 0 heterocycles. The van der Waals surface area contributed by atoms with E-state index in [-0.39, 0.29) is 0 Å². The quantitative estimate of drug-likeness (QED) is 0.340. The lowest BCUT2D eigenvalue weighted by atomic mass is 10.3. The molecule has 2 nitrogen and oxygen atoms in total. The fraction of sp³-hybridized carbons (Fsp3) is 0.800. The van der Waals surface area contributed by atoms with Gasteiger partial charge >= 0.3 is 0 Å². The van der Waals surface area contributed by atoms with Crippen LogP contribution in [0, 0.1) is 0 Å². The van der Waals surface area contributed by atoms with Crippen LogP contribution in [0.4, 0.5) is 0 Å². The molecule has 0 aromatic heterocycles. The van der Waals surface area contributed by atoms with Crippen LogP contribution in [-0.2, 0) is 9.16 Å². The van der Waals surface area contributed by atoms with Crippen LogP contribution in [0.15, 0.2) is 12.7 Å². The molecule has 0 saturated carbocycles. The predicted molar refractivity (Wildman–Crippen MR) is 57.0 cm³/mol. The van der Waals surface area contributed by atoms with Crippen LogP contribution in [0.1, 0.15) is 27.2 Å². The minimum absolute atomic E-state index is 0.351. The second-order valence-corrected chi connectivity index (χ2v) is 4.52. The average molecular weight is 200 g/mol. The van der Waals surface area contributed by atoms with Gasteiger partial charge in [-0.2, -0.15) is 0 Å². The molecule has 0 aliphatic heterocycles. The van der Waals surface area contributed by atoms with Crippen LogP contribution < -0.4 is 0 Å². The van der Waals surface area contributed by atoms with Crippen molar-refractivity contribution in [2.24, 2.45) is 0 Å². The molecule has 2 unspecified atom stereocenters. The van der Waals surface area contributed by atoms with Gasteiger partial charge in [0, 0.05) is 0 Å². The van der Waals surface area contributed by atoms with Crippen molar-refractivity contribution in [2.45, 2.75) is 38.8 Å². The molecule has 2 atom stereocenters. The summed E-state index contributed by atoms with van der Waals surface area (Å²) in [7, 11) is 0.512. The molecule has 0 N–H and O–H groups in total. The van der Waals surface area contributed by atoms with Gasteiger partial charge in [-0.15, -0.1) is 6.58 Å². The zero-order valence-corrected chi connectivity index (χ0v) is 9.88. The van der Waals surface area contributed by atoms with Crippen LogP contribution in [0.25, 0.3) is 0 Å². The first kappa shape index (κ1) is 12.9. The van der Waals surface area contributed by atoms with E-state index in [0.29, 0.717) is 34.6 Å².